The molecule has 2 aromatic rings. The van der Waals surface area contributed by atoms with Crippen LogP contribution in [0, 0.1) is 0 Å². The Kier molecular flexibility index (Phi) is 6.95. The van der Waals surface area contributed by atoms with Crippen molar-refractivity contribution in [2.45, 2.75) is 19.0 Å². The largest absolute Gasteiger partial charge is 0.416 e. The van der Waals surface area contributed by atoms with Crippen molar-refractivity contribution in [3.05, 3.63) is 59.7 Å². The minimum atomic E-state index is -4.50. The minimum absolute atomic E-state index is 0.0185. The molecule has 27 heavy (non-hydrogen) atoms. The standard InChI is InChI=1S/C19H20F3N3O2/c1-23-11-5-10-17(26)25-16-9-3-2-8-15(16)18(27)24-14-7-4-6-13(12-14)19(20,21)22/h2-4,6-9,12,23H,5,10-11H2,1H3,(H,24,27)(H,25,26). The van der Waals surface area contributed by atoms with Gasteiger partial charge in [0.25, 0.3) is 5.91 Å². The lowest BCUT2D eigenvalue weighted by Gasteiger charge is -2.13. The number of carbonyl (C=O) groups excluding carboxylic acids is 2. The predicted octanol–water partition coefficient (Wildman–Crippen LogP) is 3.90. The van der Waals surface area contributed by atoms with Crippen molar-refractivity contribution in [1.29, 1.82) is 0 Å². The number of alkyl halides is 3. The molecule has 0 saturated heterocycles. The first-order chi connectivity index (χ1) is 12.8. The van der Waals surface area contributed by atoms with E-state index < -0.39 is 17.6 Å². The molecule has 144 valence electrons. The highest BCUT2D eigenvalue weighted by Gasteiger charge is 2.30. The maximum absolute atomic E-state index is 12.8. The lowest BCUT2D eigenvalue weighted by atomic mass is 10.1. The summed E-state index contributed by atoms with van der Waals surface area (Å²) in [5.74, 6) is -0.856. The number of amides is 2. The van der Waals surface area contributed by atoms with Gasteiger partial charge >= 0.3 is 6.18 Å². The van der Waals surface area contributed by atoms with E-state index in [1.807, 2.05) is 0 Å². The van der Waals surface area contributed by atoms with Crippen molar-refractivity contribution in [1.82, 2.24) is 5.32 Å². The van der Waals surface area contributed by atoms with E-state index in [1.165, 1.54) is 18.2 Å². The van der Waals surface area contributed by atoms with Gasteiger partial charge in [-0.15, -0.1) is 0 Å². The average molecular weight is 379 g/mol. The summed E-state index contributed by atoms with van der Waals surface area (Å²) in [4.78, 5) is 24.5. The van der Waals surface area contributed by atoms with Crippen LogP contribution in [0.1, 0.15) is 28.8 Å². The highest BCUT2D eigenvalue weighted by molar-refractivity contribution is 6.10. The molecule has 0 spiro atoms. The van der Waals surface area contributed by atoms with E-state index in [0.29, 0.717) is 18.7 Å². The fourth-order valence-corrected chi connectivity index (χ4v) is 2.40. The van der Waals surface area contributed by atoms with Crippen LogP contribution in [-0.4, -0.2) is 25.4 Å². The number of benzene rings is 2. The van der Waals surface area contributed by atoms with Gasteiger partial charge in [-0.2, -0.15) is 13.2 Å². The van der Waals surface area contributed by atoms with Gasteiger partial charge in [0.15, 0.2) is 0 Å². The Morgan fingerprint density at radius 1 is 1.00 bits per heavy atom. The van der Waals surface area contributed by atoms with E-state index in [0.717, 1.165) is 12.1 Å². The molecule has 0 radical (unpaired) electrons. The van der Waals surface area contributed by atoms with Crippen molar-refractivity contribution in [2.75, 3.05) is 24.2 Å². The van der Waals surface area contributed by atoms with Gasteiger partial charge in [-0.1, -0.05) is 18.2 Å². The van der Waals surface area contributed by atoms with Crippen molar-refractivity contribution in [2.24, 2.45) is 0 Å². The molecular weight excluding hydrogens is 359 g/mol. The van der Waals surface area contributed by atoms with Gasteiger partial charge in [-0.3, -0.25) is 9.59 Å². The zero-order valence-corrected chi connectivity index (χ0v) is 14.7. The van der Waals surface area contributed by atoms with Gasteiger partial charge < -0.3 is 16.0 Å². The molecule has 2 rings (SSSR count). The molecule has 0 aliphatic heterocycles. The van der Waals surface area contributed by atoms with Gasteiger partial charge in [-0.25, -0.2) is 0 Å². The first kappa shape index (κ1) is 20.4. The molecule has 0 aromatic heterocycles. The quantitative estimate of drug-likeness (QED) is 0.639. The predicted molar refractivity (Wildman–Crippen MR) is 97.6 cm³/mol. The van der Waals surface area contributed by atoms with Crippen molar-refractivity contribution >= 4 is 23.2 Å². The number of hydrogen-bond acceptors (Lipinski definition) is 3. The number of anilines is 2. The molecule has 8 heteroatoms. The molecule has 0 aliphatic rings. The van der Waals surface area contributed by atoms with Crippen LogP contribution in [-0.2, 0) is 11.0 Å². The summed E-state index contributed by atoms with van der Waals surface area (Å²) >= 11 is 0. The summed E-state index contributed by atoms with van der Waals surface area (Å²) in [6.07, 6.45) is -3.58. The Morgan fingerprint density at radius 2 is 1.74 bits per heavy atom. The molecule has 0 atom stereocenters. The first-order valence-electron chi connectivity index (χ1n) is 8.33. The highest BCUT2D eigenvalue weighted by atomic mass is 19.4. The smallest absolute Gasteiger partial charge is 0.325 e. The van der Waals surface area contributed by atoms with Crippen LogP contribution in [0.3, 0.4) is 0 Å². The Bertz CT molecular complexity index is 807. The summed E-state index contributed by atoms with van der Waals surface area (Å²) in [6.45, 7) is 0.686. The average Bonchev–Trinajstić information content (AvgIpc) is 2.62. The van der Waals surface area contributed by atoms with Crippen LogP contribution in [0.25, 0.3) is 0 Å². The molecule has 0 unspecified atom stereocenters. The van der Waals surface area contributed by atoms with Gasteiger partial charge in [0, 0.05) is 12.1 Å². The van der Waals surface area contributed by atoms with Crippen LogP contribution in [0.15, 0.2) is 48.5 Å². The maximum atomic E-state index is 12.8. The van der Waals surface area contributed by atoms with Gasteiger partial charge in [-0.05, 0) is 50.3 Å². The summed E-state index contributed by atoms with van der Waals surface area (Å²) in [6, 6.07) is 10.7. The lowest BCUT2D eigenvalue weighted by Crippen LogP contribution is -2.19. The third-order valence-corrected chi connectivity index (χ3v) is 3.72. The van der Waals surface area contributed by atoms with Crippen molar-refractivity contribution in [3.8, 4) is 0 Å². The molecule has 0 bridgehead atoms. The molecule has 3 N–H and O–H groups in total. The topological polar surface area (TPSA) is 70.2 Å². The number of halogens is 3. The second kappa shape index (κ2) is 9.18. The second-order valence-electron chi connectivity index (χ2n) is 5.83. The number of carbonyl (C=O) groups is 2. The van der Waals surface area contributed by atoms with Crippen LogP contribution >= 0.6 is 0 Å². The monoisotopic (exact) mass is 379 g/mol. The fraction of sp³-hybridized carbons (Fsp3) is 0.263. The summed E-state index contributed by atoms with van der Waals surface area (Å²) in [5.41, 5.74) is -0.371. The third-order valence-electron chi connectivity index (χ3n) is 3.72. The Labute approximate surface area is 155 Å². The van der Waals surface area contributed by atoms with E-state index in [4.69, 9.17) is 0 Å². The summed E-state index contributed by atoms with van der Waals surface area (Å²) in [7, 11) is 1.78. The Balaban J connectivity index is 2.12. The fourth-order valence-electron chi connectivity index (χ4n) is 2.40. The summed E-state index contributed by atoms with van der Waals surface area (Å²) in [5, 5.41) is 8.04. The molecule has 0 heterocycles. The van der Waals surface area contributed by atoms with Crippen molar-refractivity contribution < 1.29 is 22.8 Å². The normalized spacial score (nSPS) is 11.1. The molecule has 5 nitrogen and oxygen atoms in total. The zero-order valence-electron chi connectivity index (χ0n) is 14.7. The molecule has 0 aliphatic carbocycles. The van der Waals surface area contributed by atoms with E-state index in [-0.39, 0.29) is 23.6 Å². The van der Waals surface area contributed by atoms with E-state index in [2.05, 4.69) is 16.0 Å². The molecule has 0 saturated carbocycles. The van der Waals surface area contributed by atoms with E-state index in [1.54, 1.807) is 25.2 Å². The third kappa shape index (κ3) is 6.10. The van der Waals surface area contributed by atoms with Crippen LogP contribution in [0.4, 0.5) is 24.5 Å². The van der Waals surface area contributed by atoms with Gasteiger partial charge in [0.2, 0.25) is 5.91 Å². The number of rotatable bonds is 7. The number of nitrogens with one attached hydrogen (secondary N) is 3. The molecule has 0 fully saturated rings. The Morgan fingerprint density at radius 3 is 2.44 bits per heavy atom. The van der Waals surface area contributed by atoms with Gasteiger partial charge in [0.1, 0.15) is 0 Å². The van der Waals surface area contributed by atoms with E-state index >= 15 is 0 Å². The van der Waals surface area contributed by atoms with Crippen LogP contribution < -0.4 is 16.0 Å². The second-order valence-corrected chi connectivity index (χ2v) is 5.83. The molecule has 2 aromatic carbocycles. The number of para-hydroxylation sites is 1. The molecule has 2 amide bonds. The van der Waals surface area contributed by atoms with Crippen molar-refractivity contribution in [3.63, 3.8) is 0 Å². The zero-order chi connectivity index (χ0) is 19.9. The summed E-state index contributed by atoms with van der Waals surface area (Å²) < 4.78 is 38.4. The van der Waals surface area contributed by atoms with E-state index in [9.17, 15) is 22.8 Å². The Hall–Kier alpha value is -2.87. The SMILES string of the molecule is CNCCCC(=O)Nc1ccccc1C(=O)Nc1cccc(C(F)(F)F)c1. The minimum Gasteiger partial charge on any atom is -0.325 e. The number of hydrogen-bond donors (Lipinski definition) is 3. The maximum Gasteiger partial charge on any atom is 0.416 e. The molecular formula is C19H20F3N3O2. The lowest BCUT2D eigenvalue weighted by molar-refractivity contribution is -0.137. The first-order valence-corrected chi connectivity index (χ1v) is 8.33. The van der Waals surface area contributed by atoms with Crippen LogP contribution in [0.5, 0.6) is 0 Å². The van der Waals surface area contributed by atoms with Gasteiger partial charge in [0.05, 0.1) is 16.8 Å². The highest BCUT2D eigenvalue weighted by Crippen LogP contribution is 2.30. The van der Waals surface area contributed by atoms with Crippen LogP contribution in [0.2, 0.25) is 0 Å².